The first-order chi connectivity index (χ1) is 14.3. The maximum Gasteiger partial charge on any atom is 0.277 e. The molecule has 0 bridgehead atoms. The first kappa shape index (κ1) is 22.7. The van der Waals surface area contributed by atoms with E-state index < -0.39 is 10.8 Å². The van der Waals surface area contributed by atoms with Crippen molar-refractivity contribution in [1.82, 2.24) is 5.43 Å². The average Bonchev–Trinajstić information content (AvgIpc) is 2.74. The summed E-state index contributed by atoms with van der Waals surface area (Å²) in [4.78, 5) is 22.3. The number of benzene rings is 2. The van der Waals surface area contributed by atoms with Crippen LogP contribution in [-0.2, 0) is 4.79 Å². The summed E-state index contributed by atoms with van der Waals surface area (Å²) in [6, 6.07) is 9.77. The third kappa shape index (κ3) is 6.20. The van der Waals surface area contributed by atoms with E-state index in [0.717, 1.165) is 24.8 Å². The lowest BCUT2D eigenvalue weighted by molar-refractivity contribution is -0.385. The zero-order valence-electron chi connectivity index (χ0n) is 17.1. The van der Waals surface area contributed by atoms with E-state index >= 15 is 0 Å². The van der Waals surface area contributed by atoms with Crippen LogP contribution in [0.4, 0.5) is 5.69 Å². The molecule has 2 aromatic rings. The fourth-order valence-corrected chi connectivity index (χ4v) is 2.57. The number of hydrogen-bond donors (Lipinski definition) is 2. The zero-order valence-corrected chi connectivity index (χ0v) is 17.1. The van der Waals surface area contributed by atoms with E-state index in [1.807, 2.05) is 12.1 Å². The molecule has 0 saturated carbocycles. The van der Waals surface area contributed by atoms with E-state index in [0.29, 0.717) is 11.7 Å². The van der Waals surface area contributed by atoms with Crippen LogP contribution in [-0.4, -0.2) is 35.4 Å². The highest BCUT2D eigenvalue weighted by atomic mass is 16.6. The minimum Gasteiger partial charge on any atom is -0.504 e. The Morgan fingerprint density at radius 3 is 2.57 bits per heavy atom. The van der Waals surface area contributed by atoms with Crippen molar-refractivity contribution in [3.63, 3.8) is 0 Å². The second kappa shape index (κ2) is 10.8. The molecule has 0 radical (unpaired) electrons. The minimum atomic E-state index is -0.613. The lowest BCUT2D eigenvalue weighted by atomic mass is 9.99. The van der Waals surface area contributed by atoms with Crippen molar-refractivity contribution < 1.29 is 24.3 Å². The van der Waals surface area contributed by atoms with Crippen molar-refractivity contribution in [2.45, 2.75) is 33.1 Å². The van der Waals surface area contributed by atoms with E-state index in [4.69, 9.17) is 9.47 Å². The van der Waals surface area contributed by atoms with Crippen LogP contribution >= 0.6 is 0 Å². The molecular weight excluding hydrogens is 390 g/mol. The Kier molecular flexibility index (Phi) is 8.16. The summed E-state index contributed by atoms with van der Waals surface area (Å²) in [5.41, 5.74) is 3.21. The number of carbonyl (C=O) groups excluding carboxylic acids is 1. The van der Waals surface area contributed by atoms with Crippen LogP contribution in [0.25, 0.3) is 0 Å². The number of amides is 1. The Balaban J connectivity index is 1.96. The quantitative estimate of drug-likeness (QED) is 0.346. The molecule has 0 aliphatic carbocycles. The number of rotatable bonds is 10. The van der Waals surface area contributed by atoms with E-state index in [-0.39, 0.29) is 36.0 Å². The van der Waals surface area contributed by atoms with Gasteiger partial charge in [-0.25, -0.2) is 5.43 Å². The standard InChI is InChI=1S/C21H25N3O6/c1-4-14(3)15-6-8-18(9-7-15)30-13-20(25)23-22-12-16-10-17(24(27)28)11-19(21(16)26)29-5-2/h6-12,14,26H,4-5,13H2,1-3H3,(H,23,25)/b22-12+/t14-/m0/s1. The highest BCUT2D eigenvalue weighted by Gasteiger charge is 2.16. The summed E-state index contributed by atoms with van der Waals surface area (Å²) in [5, 5.41) is 24.9. The molecule has 1 atom stereocenters. The summed E-state index contributed by atoms with van der Waals surface area (Å²) in [6.07, 6.45) is 2.14. The molecule has 9 heteroatoms. The molecular formula is C21H25N3O6. The largest absolute Gasteiger partial charge is 0.504 e. The van der Waals surface area contributed by atoms with Gasteiger partial charge >= 0.3 is 0 Å². The highest BCUT2D eigenvalue weighted by molar-refractivity contribution is 5.87. The molecule has 0 fully saturated rings. The van der Waals surface area contributed by atoms with Gasteiger partial charge in [0, 0.05) is 11.6 Å². The number of phenolic OH excluding ortho intramolecular Hbond substituents is 1. The summed E-state index contributed by atoms with van der Waals surface area (Å²) in [7, 11) is 0. The fourth-order valence-electron chi connectivity index (χ4n) is 2.57. The van der Waals surface area contributed by atoms with Crippen LogP contribution in [0.3, 0.4) is 0 Å². The van der Waals surface area contributed by atoms with E-state index in [1.54, 1.807) is 19.1 Å². The Morgan fingerprint density at radius 2 is 1.97 bits per heavy atom. The molecule has 0 heterocycles. The molecule has 0 aromatic heterocycles. The molecule has 2 N–H and O–H groups in total. The van der Waals surface area contributed by atoms with Crippen LogP contribution in [0.2, 0.25) is 0 Å². The number of nitrogens with zero attached hydrogens (tertiary/aromatic N) is 2. The van der Waals surface area contributed by atoms with Crippen molar-refractivity contribution in [3.05, 3.63) is 57.6 Å². The maximum atomic E-state index is 11.9. The van der Waals surface area contributed by atoms with Crippen LogP contribution in [0.5, 0.6) is 17.2 Å². The first-order valence-corrected chi connectivity index (χ1v) is 9.54. The number of ether oxygens (including phenoxy) is 2. The van der Waals surface area contributed by atoms with Gasteiger partial charge in [0.1, 0.15) is 5.75 Å². The number of nitrogens with one attached hydrogen (secondary N) is 1. The summed E-state index contributed by atoms with van der Waals surface area (Å²) in [6.45, 7) is 5.90. The van der Waals surface area contributed by atoms with Crippen molar-refractivity contribution >= 4 is 17.8 Å². The Labute approximate surface area is 174 Å². The molecule has 0 spiro atoms. The van der Waals surface area contributed by atoms with Crippen LogP contribution in [0.15, 0.2) is 41.5 Å². The number of aromatic hydroxyl groups is 1. The Hall–Kier alpha value is -3.62. The second-order valence-electron chi connectivity index (χ2n) is 6.53. The van der Waals surface area contributed by atoms with Gasteiger partial charge in [0.25, 0.3) is 11.6 Å². The van der Waals surface area contributed by atoms with Crippen LogP contribution in [0, 0.1) is 10.1 Å². The zero-order chi connectivity index (χ0) is 22.1. The van der Waals surface area contributed by atoms with Crippen molar-refractivity contribution in [2.24, 2.45) is 5.10 Å². The number of phenols is 1. The molecule has 0 aliphatic heterocycles. The summed E-state index contributed by atoms with van der Waals surface area (Å²) in [5.74, 6) is 0.137. The van der Waals surface area contributed by atoms with E-state index in [2.05, 4.69) is 24.4 Å². The van der Waals surface area contributed by atoms with E-state index in [1.165, 1.54) is 5.56 Å². The topological polar surface area (TPSA) is 123 Å². The SMILES string of the molecule is CCOc1cc([N+](=O)[O-])cc(/C=N/NC(=O)COc2ccc([C@@H](C)CC)cc2)c1O. The van der Waals surface area contributed by atoms with Gasteiger partial charge in [0.15, 0.2) is 18.1 Å². The molecule has 2 aromatic carbocycles. The number of non-ortho nitro benzene ring substituents is 1. The van der Waals surface area contributed by atoms with Crippen LogP contribution in [0.1, 0.15) is 44.2 Å². The number of hydrazone groups is 1. The predicted molar refractivity (Wildman–Crippen MR) is 112 cm³/mol. The highest BCUT2D eigenvalue weighted by Crippen LogP contribution is 2.33. The monoisotopic (exact) mass is 415 g/mol. The van der Waals surface area contributed by atoms with Crippen molar-refractivity contribution in [3.8, 4) is 17.2 Å². The van der Waals surface area contributed by atoms with Gasteiger partial charge in [-0.1, -0.05) is 26.0 Å². The summed E-state index contributed by atoms with van der Waals surface area (Å²) < 4.78 is 10.6. The summed E-state index contributed by atoms with van der Waals surface area (Å²) >= 11 is 0. The number of nitro groups is 1. The molecule has 30 heavy (non-hydrogen) atoms. The molecule has 160 valence electrons. The molecule has 0 unspecified atom stereocenters. The maximum absolute atomic E-state index is 11.9. The van der Waals surface area contributed by atoms with Gasteiger partial charge < -0.3 is 14.6 Å². The second-order valence-corrected chi connectivity index (χ2v) is 6.53. The first-order valence-electron chi connectivity index (χ1n) is 9.54. The third-order valence-corrected chi connectivity index (χ3v) is 4.42. The Morgan fingerprint density at radius 1 is 1.27 bits per heavy atom. The lowest BCUT2D eigenvalue weighted by Gasteiger charge is -2.10. The molecule has 9 nitrogen and oxygen atoms in total. The van der Waals surface area contributed by atoms with Crippen molar-refractivity contribution in [1.29, 1.82) is 0 Å². The van der Waals surface area contributed by atoms with Gasteiger partial charge in [-0.3, -0.25) is 14.9 Å². The molecule has 1 amide bonds. The van der Waals surface area contributed by atoms with E-state index in [9.17, 15) is 20.0 Å². The molecule has 2 rings (SSSR count). The van der Waals surface area contributed by atoms with Crippen LogP contribution < -0.4 is 14.9 Å². The number of hydrogen-bond acceptors (Lipinski definition) is 7. The van der Waals surface area contributed by atoms with Crippen molar-refractivity contribution in [2.75, 3.05) is 13.2 Å². The third-order valence-electron chi connectivity index (χ3n) is 4.42. The smallest absolute Gasteiger partial charge is 0.277 e. The van der Waals surface area contributed by atoms with Gasteiger partial charge in [-0.05, 0) is 37.0 Å². The predicted octanol–water partition coefficient (Wildman–Crippen LogP) is 3.74. The molecule has 0 aliphatic rings. The van der Waals surface area contributed by atoms with Gasteiger partial charge in [0.05, 0.1) is 23.8 Å². The number of nitro benzene ring substituents is 1. The average molecular weight is 415 g/mol. The Bertz CT molecular complexity index is 912. The lowest BCUT2D eigenvalue weighted by Crippen LogP contribution is -2.24. The fraction of sp³-hybridized carbons (Fsp3) is 0.333. The normalized spacial score (nSPS) is 11.8. The van der Waals surface area contributed by atoms with Gasteiger partial charge in [-0.15, -0.1) is 0 Å². The minimum absolute atomic E-state index is 0.0366. The molecule has 0 saturated heterocycles. The van der Waals surface area contributed by atoms with Gasteiger partial charge in [0.2, 0.25) is 0 Å². The number of carbonyl (C=O) groups is 1. The van der Waals surface area contributed by atoms with Gasteiger partial charge in [-0.2, -0.15) is 5.10 Å².